The monoisotopic (exact) mass is 972 g/mol. The van der Waals surface area contributed by atoms with Gasteiger partial charge in [0.15, 0.2) is 0 Å². The second-order valence-electron chi connectivity index (χ2n) is 21.0. The molecule has 0 unspecified atom stereocenters. The van der Waals surface area contributed by atoms with E-state index in [9.17, 15) is 4.11 Å². The molecular weight excluding hydrogens is 870 g/mol. The van der Waals surface area contributed by atoms with Crippen LogP contribution in [-0.4, -0.2) is 6.71 Å². The fraction of sp³-hybridized carbons (Fsp3) is 0.354. The summed E-state index contributed by atoms with van der Waals surface area (Å²) in [6, 6.07) is 25.5. The molecule has 5 heteroatoms. The third kappa shape index (κ3) is 8.15. The Kier molecular flexibility index (Phi) is 5.55. The van der Waals surface area contributed by atoms with Gasteiger partial charge in [-0.15, -0.1) is 11.3 Å². The van der Waals surface area contributed by atoms with Gasteiger partial charge in [-0.2, -0.15) is 0 Å². The van der Waals surface area contributed by atoms with Crippen LogP contribution < -0.4 is 26.0 Å². The Morgan fingerprint density at radius 2 is 1.14 bits per heavy atom. The zero-order chi connectivity index (χ0) is 75.4. The standard InChI is InChI=1S/C65H72BNO2S/c1-37-29-53-58-54(30-37)68-60-50(36-56(69-60)65(16,17)18)66(58)49-35-55-48(34-52(49)67(53)51-28-25-44(64(13,14)15)33-47(51)40-19-21-41(22-20-40)61(4,5)6)57(45-26-23-42(31-38(45)2)62(7,8)9)59(70-55)46-27-24-43(32-39(46)3)63(10,11)12/h19-36H,1-18H3/i1D3,2D3,3D3,4D3,5D3,6D3,10D3,13D3,16D3,17D3. The maximum absolute atomic E-state index is 9.19. The number of aryl methyl sites for hydroxylation is 3. The van der Waals surface area contributed by atoms with Crippen LogP contribution in [0, 0.1) is 20.6 Å². The van der Waals surface area contributed by atoms with Gasteiger partial charge in [-0.3, -0.25) is 0 Å². The molecule has 10 rings (SSSR count). The Morgan fingerprint density at radius 1 is 0.514 bits per heavy atom. The van der Waals surface area contributed by atoms with Crippen molar-refractivity contribution in [1.29, 1.82) is 0 Å². The van der Waals surface area contributed by atoms with E-state index in [1.165, 1.54) is 94.4 Å². The number of ether oxygens (including phenoxy) is 1. The van der Waals surface area contributed by atoms with E-state index in [0.29, 0.717) is 10.3 Å². The van der Waals surface area contributed by atoms with Gasteiger partial charge in [0.2, 0.25) is 0 Å². The highest BCUT2D eigenvalue weighted by atomic mass is 32.1. The van der Waals surface area contributed by atoms with Gasteiger partial charge >= 0.3 is 0 Å². The van der Waals surface area contributed by atoms with Crippen molar-refractivity contribution in [1.82, 2.24) is 0 Å². The molecule has 0 saturated heterocycles. The maximum Gasteiger partial charge on any atom is 0.284 e. The third-order valence-corrected chi connectivity index (χ3v) is 14.7. The molecule has 358 valence electrons. The molecular formula is C65H72BNO2S. The van der Waals surface area contributed by atoms with Crippen molar-refractivity contribution in [2.75, 3.05) is 4.90 Å². The Bertz CT molecular complexity index is 4500. The lowest BCUT2D eigenvalue weighted by Gasteiger charge is -2.40. The van der Waals surface area contributed by atoms with E-state index in [1.807, 2.05) is 20.8 Å². The first-order valence-electron chi connectivity index (χ1n) is 37.9. The van der Waals surface area contributed by atoms with Crippen molar-refractivity contribution in [3.63, 3.8) is 0 Å². The number of benzene rings is 6. The summed E-state index contributed by atoms with van der Waals surface area (Å²) < 4.78 is 275. The quantitative estimate of drug-likeness (QED) is 0.164. The number of thiophene rings is 1. The van der Waals surface area contributed by atoms with E-state index >= 15 is 0 Å². The molecule has 0 radical (unpaired) electrons. The Hall–Kier alpha value is -5.78. The molecule has 2 aliphatic rings. The van der Waals surface area contributed by atoms with Crippen molar-refractivity contribution >= 4 is 61.6 Å². The molecule has 0 spiro atoms. The van der Waals surface area contributed by atoms with E-state index in [4.69, 9.17) is 46.2 Å². The second kappa shape index (κ2) is 16.1. The van der Waals surface area contributed by atoms with Gasteiger partial charge in [-0.05, 0) is 151 Å². The number of rotatable bonds is 4. The molecule has 0 N–H and O–H groups in total. The first kappa shape index (κ1) is 24.1. The van der Waals surface area contributed by atoms with E-state index in [2.05, 4.69) is 0 Å². The predicted molar refractivity (Wildman–Crippen MR) is 304 cm³/mol. The summed E-state index contributed by atoms with van der Waals surface area (Å²) in [7, 11) is 0. The molecule has 0 bridgehead atoms. The fourth-order valence-electron chi connectivity index (χ4n) is 9.69. The van der Waals surface area contributed by atoms with Gasteiger partial charge in [0.25, 0.3) is 12.7 Å². The summed E-state index contributed by atoms with van der Waals surface area (Å²) in [6.45, 7) is -20.6. The number of furan rings is 1. The molecule has 0 amide bonds. The van der Waals surface area contributed by atoms with E-state index in [0.717, 1.165) is 30.4 Å². The van der Waals surface area contributed by atoms with Gasteiger partial charge in [0, 0.05) is 89.5 Å². The molecule has 70 heavy (non-hydrogen) atoms. The van der Waals surface area contributed by atoms with Crippen LogP contribution in [-0.2, 0) is 27.1 Å². The predicted octanol–water partition coefficient (Wildman–Crippen LogP) is 17.3. The molecule has 4 heterocycles. The normalized spacial score (nSPS) is 22.1. The van der Waals surface area contributed by atoms with E-state index in [-0.39, 0.29) is 105 Å². The van der Waals surface area contributed by atoms with Gasteiger partial charge in [0.1, 0.15) is 11.5 Å². The molecule has 6 aromatic carbocycles. The average molecular weight is 972 g/mol. The highest BCUT2D eigenvalue weighted by Crippen LogP contribution is 2.52. The number of hydrogen-bond donors (Lipinski definition) is 0. The highest BCUT2D eigenvalue weighted by molar-refractivity contribution is 7.23. The first-order valence-corrected chi connectivity index (χ1v) is 23.8. The smallest absolute Gasteiger partial charge is 0.284 e. The maximum atomic E-state index is 9.19. The van der Waals surface area contributed by atoms with E-state index in [1.54, 1.807) is 35.2 Å². The summed E-state index contributed by atoms with van der Waals surface area (Å²) >= 11 is 1.04. The summed E-state index contributed by atoms with van der Waals surface area (Å²) in [5.41, 5.74) is -9.43. The van der Waals surface area contributed by atoms with Crippen molar-refractivity contribution in [3.05, 3.63) is 154 Å². The summed E-state index contributed by atoms with van der Waals surface area (Å²) in [6.07, 6.45) is 0. The topological polar surface area (TPSA) is 25.6 Å². The van der Waals surface area contributed by atoms with Crippen LogP contribution in [0.1, 0.15) is 189 Å². The fourth-order valence-corrected chi connectivity index (χ4v) is 11.0. The van der Waals surface area contributed by atoms with Crippen LogP contribution in [0.3, 0.4) is 0 Å². The van der Waals surface area contributed by atoms with Gasteiger partial charge < -0.3 is 14.1 Å². The molecule has 0 aliphatic carbocycles. The zero-order valence-electron chi connectivity index (χ0n) is 70.1. The van der Waals surface area contributed by atoms with Gasteiger partial charge in [0.05, 0.1) is 5.69 Å². The minimum absolute atomic E-state index is 0.0158. The van der Waals surface area contributed by atoms with Crippen LogP contribution in [0.2, 0.25) is 0 Å². The molecule has 0 atom stereocenters. The SMILES string of the molecule is [2H]C([2H])([2H])c1cc2c3c(c1)N(c1ccc(C(C)(C)C([2H])([2H])[2H])cc1-c1ccc(C(C([2H])([2H])[2H])(C([2H])([2H])[2H])C([2H])([2H])[2H])cc1)c1cc4c(-c5ccc(C(C)(C)C)cc5C([2H])([2H])[2H])c(-c5ccc(C(C)(C)C([2H])([2H])[2H])cc5C([2H])([2H])[2H])sc4cc1B3c1cc(C(C)(C([2H])([2H])[2H])C([2H])([2H])[2H])oc1O2. The Balaban J connectivity index is 1.44. The molecule has 2 aromatic heterocycles. The van der Waals surface area contributed by atoms with Crippen LogP contribution in [0.25, 0.3) is 42.8 Å². The van der Waals surface area contributed by atoms with Crippen molar-refractivity contribution in [2.24, 2.45) is 0 Å². The third-order valence-electron chi connectivity index (χ3n) is 13.5. The lowest BCUT2D eigenvalue weighted by Crippen LogP contribution is -2.59. The minimum Gasteiger partial charge on any atom is -0.430 e. The molecule has 0 saturated carbocycles. The number of hydrogen-bond acceptors (Lipinski definition) is 4. The first-order chi connectivity index (χ1) is 45.0. The molecule has 2 aliphatic heterocycles. The molecule has 0 fully saturated rings. The molecule has 3 nitrogen and oxygen atoms in total. The highest BCUT2D eigenvalue weighted by Gasteiger charge is 2.45. The van der Waals surface area contributed by atoms with E-state index < -0.39 is 120 Å². The number of anilines is 3. The van der Waals surface area contributed by atoms with Crippen molar-refractivity contribution in [2.45, 2.75) is 151 Å². The largest absolute Gasteiger partial charge is 0.430 e. The average Bonchev–Trinajstić information content (AvgIpc) is 1.51. The minimum atomic E-state index is -3.69. The second-order valence-corrected chi connectivity index (χ2v) is 22.1. The summed E-state index contributed by atoms with van der Waals surface area (Å²) in [5.74, 6) is -1.17. The Labute approximate surface area is 465 Å². The van der Waals surface area contributed by atoms with Crippen LogP contribution in [0.4, 0.5) is 17.1 Å². The lowest BCUT2D eigenvalue weighted by atomic mass is 9.34. The Morgan fingerprint density at radius 3 is 1.80 bits per heavy atom. The number of nitrogens with zero attached hydrogens (tertiary/aromatic N) is 1. The zero-order valence-corrected chi connectivity index (χ0v) is 41.0. The van der Waals surface area contributed by atoms with Gasteiger partial charge in [-0.25, -0.2) is 0 Å². The van der Waals surface area contributed by atoms with Crippen molar-refractivity contribution in [3.8, 4) is 44.4 Å². The lowest BCUT2D eigenvalue weighted by molar-refractivity contribution is 0.309. The number of fused-ring (bicyclic) bond motifs is 5. The summed E-state index contributed by atoms with van der Waals surface area (Å²) in [4.78, 5) is 1.79. The van der Waals surface area contributed by atoms with Gasteiger partial charge in [-0.1, -0.05) is 170 Å². The van der Waals surface area contributed by atoms with Crippen LogP contribution in [0.15, 0.2) is 114 Å². The van der Waals surface area contributed by atoms with Crippen LogP contribution in [0.5, 0.6) is 11.7 Å². The summed E-state index contributed by atoms with van der Waals surface area (Å²) in [5, 5.41) is 0.246. The van der Waals surface area contributed by atoms with Crippen molar-refractivity contribution < 1.29 is 50.3 Å². The van der Waals surface area contributed by atoms with Crippen LogP contribution >= 0.6 is 11.3 Å². The molecule has 8 aromatic rings.